The first-order valence-electron chi connectivity index (χ1n) is 25.2. The first-order chi connectivity index (χ1) is 35.0. The molecule has 2 heterocycles. The monoisotopic (exact) mass is 1050 g/mol. The molecule has 0 saturated carbocycles. The van der Waals surface area contributed by atoms with E-state index in [1.807, 2.05) is 103 Å². The van der Waals surface area contributed by atoms with Crippen molar-refractivity contribution in [2.75, 3.05) is 39.4 Å². The van der Waals surface area contributed by atoms with Crippen molar-refractivity contribution in [1.29, 1.82) is 5.26 Å². The van der Waals surface area contributed by atoms with E-state index in [2.05, 4.69) is 103 Å². The maximum atomic E-state index is 14.5. The molecule has 1 N–H and O–H groups in total. The second-order valence-corrected chi connectivity index (χ2v) is 27.6. The molecule has 5 atom stereocenters. The summed E-state index contributed by atoms with van der Waals surface area (Å²) in [6, 6.07) is 36.8. The molecule has 5 aromatic rings. The highest BCUT2D eigenvalue weighted by molar-refractivity contribution is 7.44. The minimum Gasteiger partial charge on any atom is -0.497 e. The largest absolute Gasteiger partial charge is 0.497 e. The van der Waals surface area contributed by atoms with E-state index in [1.165, 1.54) is 4.57 Å². The Bertz CT molecular complexity index is 2630. The van der Waals surface area contributed by atoms with Crippen LogP contribution in [0.15, 0.2) is 120 Å². The van der Waals surface area contributed by atoms with Gasteiger partial charge in [0.1, 0.15) is 47.0 Å². The lowest BCUT2D eigenvalue weighted by Crippen LogP contribution is -2.50. The van der Waals surface area contributed by atoms with Crippen molar-refractivity contribution in [2.45, 2.75) is 141 Å². The zero-order valence-corrected chi connectivity index (χ0v) is 47.5. The summed E-state index contributed by atoms with van der Waals surface area (Å²) in [4.78, 5) is 32.0. The molecule has 0 radical (unpaired) electrons. The van der Waals surface area contributed by atoms with E-state index >= 15 is 0 Å². The molecule has 1 aromatic heterocycles. The molecule has 2 unspecified atom stereocenters. The van der Waals surface area contributed by atoms with Crippen LogP contribution in [-0.4, -0.2) is 92.9 Å². The van der Waals surface area contributed by atoms with Crippen LogP contribution >= 0.6 is 8.53 Å². The molecule has 1 aliphatic rings. The number of anilines is 1. The van der Waals surface area contributed by atoms with Crippen LogP contribution in [0.25, 0.3) is 0 Å². The SMILES string of the molecule is COc1ccc(C(OC[C@H]2O[C@@H](n3ccc(NC(=O)COc4ccc(C(C)(C)C)cc4)nc3=O)C(O[Si](C)(C)C(C)(C)C)[C@H]2OP(OCCC#N)N(C(C)C)C(C)C)(c2ccccc2)c2ccc(OC)cc2)cc1. The number of rotatable bonds is 23. The number of ether oxygens (including phenoxy) is 5. The lowest BCUT2D eigenvalue weighted by atomic mass is 9.80. The van der Waals surface area contributed by atoms with Gasteiger partial charge in [-0.05, 0) is 116 Å². The first kappa shape index (κ1) is 57.8. The zero-order valence-electron chi connectivity index (χ0n) is 45.6. The van der Waals surface area contributed by atoms with Gasteiger partial charge in [0, 0.05) is 18.3 Å². The van der Waals surface area contributed by atoms with Crippen molar-refractivity contribution >= 4 is 28.6 Å². The molecule has 398 valence electrons. The molecule has 0 aliphatic carbocycles. The second kappa shape index (κ2) is 24.9. The Morgan fingerprint density at radius 2 is 1.34 bits per heavy atom. The summed E-state index contributed by atoms with van der Waals surface area (Å²) in [7, 11) is -1.35. The number of carbonyl (C=O) groups excluding carboxylic acids is 1. The van der Waals surface area contributed by atoms with Crippen molar-refractivity contribution in [3.05, 3.63) is 148 Å². The Morgan fingerprint density at radius 1 is 0.797 bits per heavy atom. The van der Waals surface area contributed by atoms with Gasteiger partial charge in [0.2, 0.25) is 0 Å². The van der Waals surface area contributed by atoms with Gasteiger partial charge >= 0.3 is 5.69 Å². The van der Waals surface area contributed by atoms with Gasteiger partial charge in [-0.25, -0.2) is 9.46 Å². The van der Waals surface area contributed by atoms with E-state index in [0.29, 0.717) is 17.2 Å². The Morgan fingerprint density at radius 3 is 1.84 bits per heavy atom. The van der Waals surface area contributed by atoms with E-state index in [9.17, 15) is 14.9 Å². The number of benzene rings is 4. The van der Waals surface area contributed by atoms with Gasteiger partial charge in [-0.15, -0.1) is 0 Å². The minimum atomic E-state index is -2.73. The summed E-state index contributed by atoms with van der Waals surface area (Å²) < 4.78 is 56.5. The number of hydrogen-bond donors (Lipinski definition) is 1. The number of aromatic nitrogens is 2. The van der Waals surface area contributed by atoms with Gasteiger partial charge in [-0.1, -0.05) is 108 Å². The van der Waals surface area contributed by atoms with Crippen LogP contribution in [0.1, 0.15) is 104 Å². The maximum absolute atomic E-state index is 14.5. The third-order valence-electron chi connectivity index (χ3n) is 13.5. The second-order valence-electron chi connectivity index (χ2n) is 21.5. The topological polar surface area (TPSA) is 165 Å². The highest BCUT2D eigenvalue weighted by Crippen LogP contribution is 2.52. The number of methoxy groups -OCH3 is 2. The molecule has 1 saturated heterocycles. The lowest BCUT2D eigenvalue weighted by molar-refractivity contribution is -0.118. The maximum Gasteiger partial charge on any atom is 0.351 e. The van der Waals surface area contributed by atoms with Crippen LogP contribution in [0.4, 0.5) is 5.82 Å². The molecular formula is C57H76N5O10PSi. The number of amides is 1. The van der Waals surface area contributed by atoms with Crippen molar-refractivity contribution in [3.63, 3.8) is 0 Å². The molecular weight excluding hydrogens is 974 g/mol. The molecule has 0 spiro atoms. The molecule has 1 aliphatic heterocycles. The molecule has 74 heavy (non-hydrogen) atoms. The van der Waals surface area contributed by atoms with Gasteiger partial charge in [-0.3, -0.25) is 9.36 Å². The summed E-state index contributed by atoms with van der Waals surface area (Å²) in [5, 5.41) is 12.1. The summed E-state index contributed by atoms with van der Waals surface area (Å²) in [6.45, 7) is 25.1. The molecule has 6 rings (SSSR count). The van der Waals surface area contributed by atoms with Gasteiger partial charge in [-0.2, -0.15) is 10.2 Å². The fourth-order valence-electron chi connectivity index (χ4n) is 8.57. The van der Waals surface area contributed by atoms with E-state index in [1.54, 1.807) is 26.5 Å². The average Bonchev–Trinajstić information content (AvgIpc) is 3.68. The van der Waals surface area contributed by atoms with Crippen LogP contribution in [-0.2, 0) is 38.8 Å². The minimum absolute atomic E-state index is 0.0272. The third kappa shape index (κ3) is 13.9. The smallest absolute Gasteiger partial charge is 0.351 e. The van der Waals surface area contributed by atoms with Crippen molar-refractivity contribution < 1.29 is 42.0 Å². The fraction of sp³-hybridized carbons (Fsp3) is 0.474. The van der Waals surface area contributed by atoms with E-state index in [0.717, 1.165) is 22.3 Å². The number of nitriles is 1. The normalized spacial score (nSPS) is 17.8. The number of hydrogen-bond acceptors (Lipinski definition) is 13. The Hall–Kier alpha value is -5.47. The van der Waals surface area contributed by atoms with E-state index < -0.39 is 58.6 Å². The Kier molecular flexibility index (Phi) is 19.5. The van der Waals surface area contributed by atoms with Gasteiger partial charge in [0.15, 0.2) is 21.2 Å². The molecule has 17 heteroatoms. The van der Waals surface area contributed by atoms with E-state index in [-0.39, 0.29) is 54.6 Å². The van der Waals surface area contributed by atoms with Crippen molar-refractivity contribution in [1.82, 2.24) is 14.2 Å². The summed E-state index contributed by atoms with van der Waals surface area (Å²) >= 11 is 0. The Labute approximate surface area is 440 Å². The van der Waals surface area contributed by atoms with Crippen molar-refractivity contribution in [3.8, 4) is 23.3 Å². The molecule has 15 nitrogen and oxygen atoms in total. The molecule has 1 fully saturated rings. The predicted molar refractivity (Wildman–Crippen MR) is 292 cm³/mol. The standard InChI is InChI=1S/C57H76N5O10PSi/c1-39(2)62(40(3)4)73(69-36-18-34-58)71-51-48(37-68-57(42-19-16-15-17-20-42,43-23-27-45(65-11)28-24-43)44-25-29-46(66-12)30-26-44)70-53(52(51)72-74(13,14)56(8,9)10)61-35-33-49(60-54(61)64)59-50(63)38-67-47-31-21-41(22-32-47)55(5,6)7/h15-17,19-33,35,39-40,48,51-53H,18,36-38H2,1-14H3,(H,59,60,63,64)/t48-,51+,52?,53-,73?/m1/s1. The van der Waals surface area contributed by atoms with E-state index in [4.69, 9.17) is 37.2 Å². The predicted octanol–water partition coefficient (Wildman–Crippen LogP) is 11.5. The summed E-state index contributed by atoms with van der Waals surface area (Å²) in [6.07, 6.45) is -2.13. The third-order valence-corrected chi connectivity index (χ3v) is 20.1. The van der Waals surface area contributed by atoms with Crippen LogP contribution in [0.3, 0.4) is 0 Å². The van der Waals surface area contributed by atoms with Gasteiger partial charge in [0.25, 0.3) is 14.4 Å². The highest BCUT2D eigenvalue weighted by Gasteiger charge is 2.54. The summed E-state index contributed by atoms with van der Waals surface area (Å²) in [5.41, 5.74) is 1.63. The number of nitrogens with one attached hydrogen (secondary N) is 1. The quantitative estimate of drug-likeness (QED) is 0.0285. The number of nitrogens with zero attached hydrogens (tertiary/aromatic N) is 4. The Balaban J connectivity index is 1.46. The lowest BCUT2D eigenvalue weighted by Gasteiger charge is -2.42. The molecule has 0 bridgehead atoms. The molecule has 4 aromatic carbocycles. The zero-order chi connectivity index (χ0) is 54.0. The molecule has 1 amide bonds. The van der Waals surface area contributed by atoms with Crippen LogP contribution in [0.5, 0.6) is 17.2 Å². The highest BCUT2D eigenvalue weighted by atomic mass is 31.2. The van der Waals surface area contributed by atoms with Crippen LogP contribution < -0.4 is 25.2 Å². The number of carbonyl (C=O) groups is 1. The van der Waals surface area contributed by atoms with Gasteiger partial charge in [0.05, 0.1) is 39.9 Å². The van der Waals surface area contributed by atoms with Gasteiger partial charge < -0.3 is 42.5 Å². The average molecular weight is 1050 g/mol. The van der Waals surface area contributed by atoms with Crippen LogP contribution in [0, 0.1) is 11.3 Å². The fourth-order valence-corrected chi connectivity index (χ4v) is 11.6. The summed E-state index contributed by atoms with van der Waals surface area (Å²) in [5.74, 6) is 1.45. The first-order valence-corrected chi connectivity index (χ1v) is 29.3. The van der Waals surface area contributed by atoms with Crippen LogP contribution in [0.2, 0.25) is 18.1 Å². The van der Waals surface area contributed by atoms with Crippen molar-refractivity contribution in [2.24, 2.45) is 0 Å².